The molecule has 1 atom stereocenters. The van der Waals surface area contributed by atoms with Crippen LogP contribution in [0, 0.1) is 5.41 Å². The van der Waals surface area contributed by atoms with Gasteiger partial charge < -0.3 is 19.8 Å². The van der Waals surface area contributed by atoms with E-state index >= 15 is 0 Å². The summed E-state index contributed by atoms with van der Waals surface area (Å²) in [5.74, 6) is 0.894. The number of ether oxygens (including phenoxy) is 1. The molecule has 3 rings (SSSR count). The number of carbonyl (C=O) groups excluding carboxylic acids is 1. The number of hydrogen-bond acceptors (Lipinski definition) is 5. The highest BCUT2D eigenvalue weighted by atomic mass is 16.5. The highest BCUT2D eigenvalue weighted by Gasteiger charge is 2.41. The van der Waals surface area contributed by atoms with E-state index in [1.807, 2.05) is 11.0 Å². The number of likely N-dealkylation sites (tertiary alicyclic amines) is 2. The Balaban J connectivity index is 1.65. The molecule has 2 N–H and O–H groups in total. The lowest BCUT2D eigenvalue weighted by Gasteiger charge is -2.48. The number of aromatic hydroxyl groups is 1. The molecule has 2 fully saturated rings. The number of amides is 1. The third-order valence-corrected chi connectivity index (χ3v) is 5.72. The van der Waals surface area contributed by atoms with Gasteiger partial charge in [0.05, 0.1) is 7.11 Å². The molecule has 1 aromatic rings. The third-order valence-electron chi connectivity index (χ3n) is 5.72. The molecule has 2 saturated heterocycles. The van der Waals surface area contributed by atoms with E-state index in [1.54, 1.807) is 19.2 Å². The number of piperidine rings is 2. The second kappa shape index (κ2) is 8.27. The summed E-state index contributed by atoms with van der Waals surface area (Å²) >= 11 is 0. The first-order valence-electron chi connectivity index (χ1n) is 9.52. The normalized spacial score (nSPS) is 24.2. The van der Waals surface area contributed by atoms with E-state index in [4.69, 9.17) is 9.84 Å². The molecule has 1 spiro atoms. The molecule has 2 aliphatic rings. The average molecular weight is 362 g/mol. The lowest BCUT2D eigenvalue weighted by atomic mass is 9.73. The number of phenolic OH excluding ortho intramolecular Hbond substituents is 1. The van der Waals surface area contributed by atoms with Gasteiger partial charge in [-0.1, -0.05) is 6.07 Å². The summed E-state index contributed by atoms with van der Waals surface area (Å²) in [6, 6.07) is 5.58. The maximum absolute atomic E-state index is 12.2. The summed E-state index contributed by atoms with van der Waals surface area (Å²) in [5.41, 5.74) is 1.24. The quantitative estimate of drug-likeness (QED) is 0.810. The molecular formula is C20H30N2O4. The first-order chi connectivity index (χ1) is 12.5. The van der Waals surface area contributed by atoms with Gasteiger partial charge in [0.15, 0.2) is 11.5 Å². The molecule has 144 valence electrons. The van der Waals surface area contributed by atoms with Crippen LogP contribution in [0.4, 0.5) is 0 Å². The average Bonchev–Trinajstić information content (AvgIpc) is 2.63. The number of benzene rings is 1. The summed E-state index contributed by atoms with van der Waals surface area (Å²) in [7, 11) is 1.55. The first kappa shape index (κ1) is 19.0. The van der Waals surface area contributed by atoms with E-state index in [-0.39, 0.29) is 23.7 Å². The van der Waals surface area contributed by atoms with Crippen LogP contribution in [0.1, 0.15) is 37.7 Å². The number of hydrogen-bond donors (Lipinski definition) is 2. The van der Waals surface area contributed by atoms with Gasteiger partial charge in [0.25, 0.3) is 0 Å². The van der Waals surface area contributed by atoms with Crippen LogP contribution < -0.4 is 4.74 Å². The second-order valence-electron chi connectivity index (χ2n) is 7.71. The van der Waals surface area contributed by atoms with Crippen molar-refractivity contribution in [3.63, 3.8) is 0 Å². The Kier molecular flexibility index (Phi) is 6.04. The molecule has 0 unspecified atom stereocenters. The Morgan fingerprint density at radius 3 is 2.85 bits per heavy atom. The van der Waals surface area contributed by atoms with Crippen molar-refractivity contribution in [1.82, 2.24) is 9.80 Å². The van der Waals surface area contributed by atoms with Crippen molar-refractivity contribution in [2.45, 2.75) is 38.6 Å². The summed E-state index contributed by atoms with van der Waals surface area (Å²) < 4.78 is 5.12. The van der Waals surface area contributed by atoms with Crippen LogP contribution in [-0.2, 0) is 11.3 Å². The molecule has 0 radical (unpaired) electrons. The molecule has 0 aromatic heterocycles. The Hall–Kier alpha value is -1.79. The van der Waals surface area contributed by atoms with Gasteiger partial charge in [-0.25, -0.2) is 0 Å². The third kappa shape index (κ3) is 4.30. The van der Waals surface area contributed by atoms with Crippen LogP contribution in [-0.4, -0.2) is 65.8 Å². The van der Waals surface area contributed by atoms with E-state index in [0.29, 0.717) is 25.1 Å². The fourth-order valence-corrected chi connectivity index (χ4v) is 4.44. The van der Waals surface area contributed by atoms with Crippen molar-refractivity contribution >= 4 is 5.91 Å². The lowest BCUT2D eigenvalue weighted by Crippen LogP contribution is -2.54. The van der Waals surface area contributed by atoms with Crippen LogP contribution in [0.5, 0.6) is 11.5 Å². The van der Waals surface area contributed by atoms with Crippen molar-refractivity contribution in [1.29, 1.82) is 0 Å². The molecule has 0 saturated carbocycles. The van der Waals surface area contributed by atoms with Crippen molar-refractivity contribution in [2.75, 3.05) is 39.9 Å². The highest BCUT2D eigenvalue weighted by Crippen LogP contribution is 2.39. The molecule has 1 aromatic carbocycles. The van der Waals surface area contributed by atoms with Gasteiger partial charge in [-0.15, -0.1) is 0 Å². The molecule has 0 bridgehead atoms. The minimum atomic E-state index is 0.129. The SMILES string of the molecule is COc1ccc(CN2CCC[C@@]3(CCC(=O)N(CCCO)C3)C2)cc1O. The number of carbonyl (C=O) groups is 1. The van der Waals surface area contributed by atoms with Crippen LogP contribution in [0.25, 0.3) is 0 Å². The standard InChI is InChI=1S/C20H30N2O4/c1-26-18-5-4-16(12-17(18)24)13-21-9-2-7-20(14-21)8-6-19(25)22(15-20)10-3-11-23/h4-5,12,23-24H,2-3,6-11,13-15H2,1H3/t20-/m1/s1. The number of aliphatic hydroxyl groups is 1. The van der Waals surface area contributed by atoms with Crippen molar-refractivity contribution in [3.8, 4) is 11.5 Å². The molecule has 1 amide bonds. The van der Waals surface area contributed by atoms with Crippen molar-refractivity contribution < 1.29 is 19.7 Å². The van der Waals surface area contributed by atoms with Crippen LogP contribution in [0.3, 0.4) is 0 Å². The number of aliphatic hydroxyl groups excluding tert-OH is 1. The second-order valence-corrected chi connectivity index (χ2v) is 7.71. The van der Waals surface area contributed by atoms with Crippen molar-refractivity contribution in [2.24, 2.45) is 5.41 Å². The van der Waals surface area contributed by atoms with E-state index in [0.717, 1.165) is 51.0 Å². The Morgan fingerprint density at radius 2 is 2.12 bits per heavy atom. The van der Waals surface area contributed by atoms with E-state index in [1.165, 1.54) is 0 Å². The molecule has 6 heteroatoms. The smallest absolute Gasteiger partial charge is 0.222 e. The molecule has 2 heterocycles. The van der Waals surface area contributed by atoms with Gasteiger partial charge in [-0.05, 0) is 49.9 Å². The zero-order valence-corrected chi connectivity index (χ0v) is 15.6. The maximum atomic E-state index is 12.2. The summed E-state index contributed by atoms with van der Waals surface area (Å²) in [6.07, 6.45) is 4.50. The first-order valence-corrected chi connectivity index (χ1v) is 9.52. The van der Waals surface area contributed by atoms with Crippen LogP contribution in [0.15, 0.2) is 18.2 Å². The monoisotopic (exact) mass is 362 g/mol. The number of methoxy groups -OCH3 is 1. The zero-order chi connectivity index (χ0) is 18.6. The van der Waals surface area contributed by atoms with E-state index in [2.05, 4.69) is 4.90 Å². The van der Waals surface area contributed by atoms with Gasteiger partial charge in [0, 0.05) is 44.6 Å². The summed E-state index contributed by atoms with van der Waals surface area (Å²) in [5, 5.41) is 19.1. The van der Waals surface area contributed by atoms with Crippen molar-refractivity contribution in [3.05, 3.63) is 23.8 Å². The minimum absolute atomic E-state index is 0.129. The largest absolute Gasteiger partial charge is 0.504 e. The Labute approximate surface area is 155 Å². The predicted octanol–water partition coefficient (Wildman–Crippen LogP) is 1.99. The predicted molar refractivity (Wildman–Crippen MR) is 99.1 cm³/mol. The molecule has 2 aliphatic heterocycles. The molecular weight excluding hydrogens is 332 g/mol. The molecule has 0 aliphatic carbocycles. The van der Waals surface area contributed by atoms with Crippen LogP contribution >= 0.6 is 0 Å². The number of nitrogens with zero attached hydrogens (tertiary/aromatic N) is 2. The van der Waals surface area contributed by atoms with Gasteiger partial charge >= 0.3 is 0 Å². The minimum Gasteiger partial charge on any atom is -0.504 e. The van der Waals surface area contributed by atoms with Gasteiger partial charge in [0.2, 0.25) is 5.91 Å². The fourth-order valence-electron chi connectivity index (χ4n) is 4.44. The molecule has 6 nitrogen and oxygen atoms in total. The summed E-state index contributed by atoms with van der Waals surface area (Å²) in [4.78, 5) is 16.6. The Morgan fingerprint density at radius 1 is 1.27 bits per heavy atom. The Bertz CT molecular complexity index is 636. The highest BCUT2D eigenvalue weighted by molar-refractivity contribution is 5.77. The lowest BCUT2D eigenvalue weighted by molar-refractivity contribution is -0.139. The number of rotatable bonds is 6. The van der Waals surface area contributed by atoms with Gasteiger partial charge in [0.1, 0.15) is 0 Å². The number of phenols is 1. The van der Waals surface area contributed by atoms with E-state index < -0.39 is 0 Å². The fraction of sp³-hybridized carbons (Fsp3) is 0.650. The topological polar surface area (TPSA) is 73.2 Å². The van der Waals surface area contributed by atoms with E-state index in [9.17, 15) is 9.90 Å². The zero-order valence-electron chi connectivity index (χ0n) is 15.6. The summed E-state index contributed by atoms with van der Waals surface area (Å²) in [6.45, 7) is 4.40. The molecule has 26 heavy (non-hydrogen) atoms. The maximum Gasteiger partial charge on any atom is 0.222 e. The van der Waals surface area contributed by atoms with Gasteiger partial charge in [-0.3, -0.25) is 9.69 Å². The van der Waals surface area contributed by atoms with Gasteiger partial charge in [-0.2, -0.15) is 0 Å². The van der Waals surface area contributed by atoms with Crippen LogP contribution in [0.2, 0.25) is 0 Å².